The quantitative estimate of drug-likeness (QED) is 0.689. The summed E-state index contributed by atoms with van der Waals surface area (Å²) in [5.41, 5.74) is 2.32. The monoisotopic (exact) mass is 351 g/mol. The van der Waals surface area contributed by atoms with Crippen LogP contribution in [0.1, 0.15) is 31.0 Å². The van der Waals surface area contributed by atoms with E-state index >= 15 is 0 Å². The zero-order valence-corrected chi connectivity index (χ0v) is 14.8. The topological polar surface area (TPSA) is 68.5 Å². The highest BCUT2D eigenvalue weighted by Crippen LogP contribution is 2.19. The van der Waals surface area contributed by atoms with E-state index < -0.39 is 5.63 Å². The van der Waals surface area contributed by atoms with E-state index in [9.17, 15) is 9.59 Å². The van der Waals surface area contributed by atoms with Gasteiger partial charge in [-0.2, -0.15) is 0 Å². The molecule has 1 heterocycles. The van der Waals surface area contributed by atoms with E-state index in [1.54, 1.807) is 24.3 Å². The molecule has 5 nitrogen and oxygen atoms in total. The molecular formula is C21H21NO4. The summed E-state index contributed by atoms with van der Waals surface area (Å²) in [7, 11) is 0. The smallest absolute Gasteiger partial charge is 0.336 e. The third kappa shape index (κ3) is 4.30. The molecule has 3 rings (SSSR count). The maximum Gasteiger partial charge on any atom is 0.336 e. The zero-order valence-electron chi connectivity index (χ0n) is 14.8. The van der Waals surface area contributed by atoms with E-state index in [0.717, 1.165) is 17.4 Å². The molecule has 0 aliphatic rings. The van der Waals surface area contributed by atoms with Gasteiger partial charge >= 0.3 is 5.63 Å². The SMILES string of the molecule is CCc1ccc([C@@H](C)NC(=O)COc2ccc3ccc(=O)oc3c2)cc1. The number of ether oxygens (including phenoxy) is 1. The van der Waals surface area contributed by atoms with Gasteiger partial charge in [0.05, 0.1) is 6.04 Å². The Morgan fingerprint density at radius 1 is 1.12 bits per heavy atom. The fourth-order valence-corrected chi connectivity index (χ4v) is 2.69. The van der Waals surface area contributed by atoms with Gasteiger partial charge in [0.1, 0.15) is 11.3 Å². The van der Waals surface area contributed by atoms with Crippen LogP contribution in [0.25, 0.3) is 11.0 Å². The average molecular weight is 351 g/mol. The molecule has 0 fully saturated rings. The third-order valence-electron chi connectivity index (χ3n) is 4.23. The molecular weight excluding hydrogens is 330 g/mol. The van der Waals surface area contributed by atoms with Gasteiger partial charge in [0, 0.05) is 17.5 Å². The molecule has 0 aliphatic carbocycles. The number of fused-ring (bicyclic) bond motifs is 1. The van der Waals surface area contributed by atoms with Gasteiger partial charge in [-0.05, 0) is 42.7 Å². The summed E-state index contributed by atoms with van der Waals surface area (Å²) in [4.78, 5) is 23.4. The summed E-state index contributed by atoms with van der Waals surface area (Å²) in [6.07, 6.45) is 0.987. The van der Waals surface area contributed by atoms with Crippen LogP contribution in [-0.2, 0) is 11.2 Å². The predicted molar refractivity (Wildman–Crippen MR) is 100 cm³/mol. The molecule has 1 atom stereocenters. The first-order chi connectivity index (χ1) is 12.5. The molecule has 0 unspecified atom stereocenters. The maximum atomic E-state index is 12.1. The Balaban J connectivity index is 1.58. The first-order valence-electron chi connectivity index (χ1n) is 8.60. The summed E-state index contributed by atoms with van der Waals surface area (Å²) in [5.74, 6) is 0.258. The van der Waals surface area contributed by atoms with Gasteiger partial charge in [-0.3, -0.25) is 4.79 Å². The number of carbonyl (C=O) groups excluding carboxylic acids is 1. The molecule has 1 amide bonds. The Hall–Kier alpha value is -3.08. The summed E-state index contributed by atoms with van der Waals surface area (Å²) < 4.78 is 10.6. The largest absolute Gasteiger partial charge is 0.484 e. The number of rotatable bonds is 6. The van der Waals surface area contributed by atoms with Crippen molar-refractivity contribution in [2.24, 2.45) is 0 Å². The highest BCUT2D eigenvalue weighted by molar-refractivity contribution is 5.79. The molecule has 0 radical (unpaired) electrons. The van der Waals surface area contributed by atoms with Gasteiger partial charge in [0.25, 0.3) is 5.91 Å². The van der Waals surface area contributed by atoms with Crippen LogP contribution < -0.4 is 15.7 Å². The van der Waals surface area contributed by atoms with E-state index in [1.807, 2.05) is 19.1 Å². The van der Waals surface area contributed by atoms with Crippen LogP contribution >= 0.6 is 0 Å². The fraction of sp³-hybridized carbons (Fsp3) is 0.238. The molecule has 5 heteroatoms. The number of carbonyl (C=O) groups is 1. The average Bonchev–Trinajstić information content (AvgIpc) is 2.66. The van der Waals surface area contributed by atoms with E-state index in [1.165, 1.54) is 11.6 Å². The lowest BCUT2D eigenvalue weighted by molar-refractivity contribution is -0.123. The Morgan fingerprint density at radius 3 is 2.58 bits per heavy atom. The minimum Gasteiger partial charge on any atom is -0.484 e. The van der Waals surface area contributed by atoms with Crippen molar-refractivity contribution >= 4 is 16.9 Å². The van der Waals surface area contributed by atoms with Crippen LogP contribution in [0.3, 0.4) is 0 Å². The Morgan fingerprint density at radius 2 is 1.85 bits per heavy atom. The van der Waals surface area contributed by atoms with Gasteiger partial charge in [-0.1, -0.05) is 31.2 Å². The molecule has 0 saturated carbocycles. The highest BCUT2D eigenvalue weighted by atomic mass is 16.5. The summed E-state index contributed by atoms with van der Waals surface area (Å²) in [6.45, 7) is 3.93. The number of hydrogen-bond acceptors (Lipinski definition) is 4. The second kappa shape index (κ2) is 7.87. The Labute approximate surface area is 151 Å². The van der Waals surface area contributed by atoms with Gasteiger partial charge in [0.2, 0.25) is 0 Å². The minimum atomic E-state index is -0.421. The number of hydrogen-bond donors (Lipinski definition) is 1. The molecule has 2 aromatic carbocycles. The van der Waals surface area contributed by atoms with Crippen molar-refractivity contribution in [2.45, 2.75) is 26.3 Å². The second-order valence-electron chi connectivity index (χ2n) is 6.13. The number of amides is 1. The molecule has 1 N–H and O–H groups in total. The van der Waals surface area contributed by atoms with Crippen molar-refractivity contribution in [1.82, 2.24) is 5.32 Å². The number of benzene rings is 2. The molecule has 3 aromatic rings. The third-order valence-corrected chi connectivity index (χ3v) is 4.23. The van der Waals surface area contributed by atoms with E-state index in [-0.39, 0.29) is 18.6 Å². The summed E-state index contributed by atoms with van der Waals surface area (Å²) >= 11 is 0. The van der Waals surface area contributed by atoms with Gasteiger partial charge < -0.3 is 14.5 Å². The van der Waals surface area contributed by atoms with Crippen LogP contribution in [0.5, 0.6) is 5.75 Å². The van der Waals surface area contributed by atoms with Crippen molar-refractivity contribution < 1.29 is 13.9 Å². The molecule has 26 heavy (non-hydrogen) atoms. The van der Waals surface area contributed by atoms with Crippen LogP contribution in [0.15, 0.2) is 63.8 Å². The normalized spacial score (nSPS) is 11.9. The fourth-order valence-electron chi connectivity index (χ4n) is 2.69. The van der Waals surface area contributed by atoms with Crippen molar-refractivity contribution in [3.8, 4) is 5.75 Å². The summed E-state index contributed by atoms with van der Waals surface area (Å²) in [6, 6.07) is 16.3. The lowest BCUT2D eigenvalue weighted by atomic mass is 10.1. The minimum absolute atomic E-state index is 0.105. The molecule has 134 valence electrons. The first-order valence-corrected chi connectivity index (χ1v) is 8.60. The van der Waals surface area contributed by atoms with Crippen LogP contribution in [-0.4, -0.2) is 12.5 Å². The van der Waals surface area contributed by atoms with Gasteiger partial charge in [-0.15, -0.1) is 0 Å². The molecule has 0 aliphatic heterocycles. The molecule has 0 spiro atoms. The van der Waals surface area contributed by atoms with E-state index in [0.29, 0.717) is 11.3 Å². The first kappa shape index (κ1) is 17.7. The van der Waals surface area contributed by atoms with E-state index in [4.69, 9.17) is 9.15 Å². The second-order valence-corrected chi connectivity index (χ2v) is 6.13. The number of aryl methyl sites for hydroxylation is 1. The molecule has 1 aromatic heterocycles. The molecule has 0 bridgehead atoms. The Kier molecular flexibility index (Phi) is 5.37. The summed E-state index contributed by atoms with van der Waals surface area (Å²) in [5, 5.41) is 3.71. The van der Waals surface area contributed by atoms with Crippen molar-refractivity contribution in [3.05, 3.63) is 76.1 Å². The lowest BCUT2D eigenvalue weighted by Crippen LogP contribution is -2.31. The highest BCUT2D eigenvalue weighted by Gasteiger charge is 2.10. The van der Waals surface area contributed by atoms with Crippen LogP contribution in [0, 0.1) is 0 Å². The molecule has 0 saturated heterocycles. The van der Waals surface area contributed by atoms with Gasteiger partial charge in [-0.25, -0.2) is 4.79 Å². The van der Waals surface area contributed by atoms with Gasteiger partial charge in [0.15, 0.2) is 6.61 Å². The predicted octanol–water partition coefficient (Wildman–Crippen LogP) is 3.61. The standard InChI is InChI=1S/C21H21NO4/c1-3-15-4-6-16(7-5-15)14(2)22-20(23)13-25-18-10-8-17-9-11-21(24)26-19(17)12-18/h4-12,14H,3,13H2,1-2H3,(H,22,23)/t14-/m1/s1. The van der Waals surface area contributed by atoms with E-state index in [2.05, 4.69) is 24.4 Å². The van der Waals surface area contributed by atoms with Crippen molar-refractivity contribution in [2.75, 3.05) is 6.61 Å². The zero-order chi connectivity index (χ0) is 18.5. The van der Waals surface area contributed by atoms with Crippen LogP contribution in [0.2, 0.25) is 0 Å². The lowest BCUT2D eigenvalue weighted by Gasteiger charge is -2.15. The van der Waals surface area contributed by atoms with Crippen LogP contribution in [0.4, 0.5) is 0 Å². The Bertz CT molecular complexity index is 960. The maximum absolute atomic E-state index is 12.1. The van der Waals surface area contributed by atoms with Crippen molar-refractivity contribution in [3.63, 3.8) is 0 Å². The number of nitrogens with one attached hydrogen (secondary N) is 1. The van der Waals surface area contributed by atoms with Crippen molar-refractivity contribution in [1.29, 1.82) is 0 Å².